The standard InChI is InChI=1S/C14H18N2OS/c1-14(2,3)13-16-10-5-4-9(8-12(10)18-13)11(17)6-7-15/h4-5,8H,6-7,15H2,1-3H3. The largest absolute Gasteiger partial charge is 0.330 e. The number of thiazole rings is 1. The minimum Gasteiger partial charge on any atom is -0.330 e. The van der Waals surface area contributed by atoms with E-state index in [0.717, 1.165) is 20.8 Å². The van der Waals surface area contributed by atoms with Crippen molar-refractivity contribution in [3.63, 3.8) is 0 Å². The third-order valence-corrected chi connectivity index (χ3v) is 4.17. The van der Waals surface area contributed by atoms with Crippen molar-refractivity contribution in [3.8, 4) is 0 Å². The Hall–Kier alpha value is -1.26. The van der Waals surface area contributed by atoms with Gasteiger partial charge in [0.05, 0.1) is 15.2 Å². The molecule has 2 aromatic rings. The first-order valence-corrected chi connectivity index (χ1v) is 6.88. The predicted molar refractivity (Wildman–Crippen MR) is 76.3 cm³/mol. The minimum absolute atomic E-state index is 0.0467. The topological polar surface area (TPSA) is 56.0 Å². The summed E-state index contributed by atoms with van der Waals surface area (Å²) in [4.78, 5) is 16.4. The summed E-state index contributed by atoms with van der Waals surface area (Å²) in [6.07, 6.45) is 0.399. The maximum Gasteiger partial charge on any atom is 0.164 e. The molecule has 96 valence electrons. The lowest BCUT2D eigenvalue weighted by Gasteiger charge is -2.13. The highest BCUT2D eigenvalue weighted by Gasteiger charge is 2.19. The van der Waals surface area contributed by atoms with E-state index in [0.29, 0.717) is 13.0 Å². The van der Waals surface area contributed by atoms with E-state index in [2.05, 4.69) is 25.8 Å². The van der Waals surface area contributed by atoms with Crippen molar-refractivity contribution in [2.45, 2.75) is 32.6 Å². The molecule has 1 aromatic heterocycles. The number of hydrogen-bond donors (Lipinski definition) is 1. The van der Waals surface area contributed by atoms with Gasteiger partial charge in [-0.05, 0) is 24.7 Å². The van der Waals surface area contributed by atoms with Gasteiger partial charge in [-0.25, -0.2) is 4.98 Å². The third-order valence-electron chi connectivity index (χ3n) is 2.72. The number of carbonyl (C=O) groups is 1. The van der Waals surface area contributed by atoms with E-state index in [1.54, 1.807) is 11.3 Å². The number of nitrogens with zero attached hydrogens (tertiary/aromatic N) is 1. The number of fused-ring (bicyclic) bond motifs is 1. The van der Waals surface area contributed by atoms with Crippen LogP contribution >= 0.6 is 11.3 Å². The number of nitrogens with two attached hydrogens (primary N) is 1. The van der Waals surface area contributed by atoms with Crippen LogP contribution in [0.15, 0.2) is 18.2 Å². The van der Waals surface area contributed by atoms with Crippen LogP contribution in [0, 0.1) is 0 Å². The number of benzene rings is 1. The van der Waals surface area contributed by atoms with Crippen molar-refractivity contribution in [2.24, 2.45) is 5.73 Å². The molecular formula is C14H18N2OS. The van der Waals surface area contributed by atoms with Gasteiger partial charge in [0.2, 0.25) is 0 Å². The summed E-state index contributed by atoms with van der Waals surface area (Å²) in [5, 5.41) is 1.10. The van der Waals surface area contributed by atoms with E-state index in [1.165, 1.54) is 0 Å². The molecule has 3 nitrogen and oxygen atoms in total. The Bertz CT molecular complexity index is 581. The first-order valence-electron chi connectivity index (χ1n) is 6.06. The lowest BCUT2D eigenvalue weighted by atomic mass is 9.98. The van der Waals surface area contributed by atoms with Crippen LogP contribution in [0.4, 0.5) is 0 Å². The fraction of sp³-hybridized carbons (Fsp3) is 0.429. The molecule has 0 bridgehead atoms. The average molecular weight is 262 g/mol. The first-order chi connectivity index (χ1) is 8.41. The van der Waals surface area contributed by atoms with Gasteiger partial charge in [-0.15, -0.1) is 11.3 Å². The van der Waals surface area contributed by atoms with Gasteiger partial charge in [-0.1, -0.05) is 20.8 Å². The van der Waals surface area contributed by atoms with E-state index in [1.807, 2.05) is 18.2 Å². The van der Waals surface area contributed by atoms with Gasteiger partial charge in [0.15, 0.2) is 5.78 Å². The summed E-state index contributed by atoms with van der Waals surface area (Å²) in [7, 11) is 0. The van der Waals surface area contributed by atoms with Gasteiger partial charge in [-0.2, -0.15) is 0 Å². The summed E-state index contributed by atoms with van der Waals surface area (Å²) in [5.41, 5.74) is 7.16. The molecule has 0 spiro atoms. The Labute approximate surface area is 111 Å². The fourth-order valence-electron chi connectivity index (χ4n) is 1.69. The Morgan fingerprint density at radius 3 is 2.72 bits per heavy atom. The van der Waals surface area contributed by atoms with Crippen LogP contribution in [0.3, 0.4) is 0 Å². The fourth-order valence-corrected chi connectivity index (χ4v) is 2.76. The van der Waals surface area contributed by atoms with Crippen molar-refractivity contribution in [1.29, 1.82) is 0 Å². The smallest absolute Gasteiger partial charge is 0.164 e. The number of ketones is 1. The van der Waals surface area contributed by atoms with Crippen molar-refractivity contribution in [1.82, 2.24) is 4.98 Å². The Morgan fingerprint density at radius 2 is 2.11 bits per heavy atom. The predicted octanol–water partition coefficient (Wildman–Crippen LogP) is 3.13. The maximum absolute atomic E-state index is 11.8. The van der Waals surface area contributed by atoms with E-state index in [4.69, 9.17) is 5.73 Å². The Kier molecular flexibility index (Phi) is 3.50. The summed E-state index contributed by atoms with van der Waals surface area (Å²) in [6.45, 7) is 6.83. The third kappa shape index (κ3) is 2.60. The van der Waals surface area contributed by atoms with Gasteiger partial charge in [0, 0.05) is 17.4 Å². The molecule has 0 amide bonds. The van der Waals surface area contributed by atoms with Crippen molar-refractivity contribution in [3.05, 3.63) is 28.8 Å². The van der Waals surface area contributed by atoms with Crippen LogP contribution in [0.2, 0.25) is 0 Å². The molecule has 1 aromatic carbocycles. The Balaban J connectivity index is 2.43. The van der Waals surface area contributed by atoms with E-state index in [9.17, 15) is 4.79 Å². The monoisotopic (exact) mass is 262 g/mol. The van der Waals surface area contributed by atoms with Crippen LogP contribution in [-0.4, -0.2) is 17.3 Å². The normalized spacial score (nSPS) is 12.0. The van der Waals surface area contributed by atoms with Crippen LogP contribution < -0.4 is 5.73 Å². The molecule has 0 aliphatic carbocycles. The van der Waals surface area contributed by atoms with Gasteiger partial charge in [-0.3, -0.25) is 4.79 Å². The van der Waals surface area contributed by atoms with Crippen LogP contribution in [-0.2, 0) is 5.41 Å². The van der Waals surface area contributed by atoms with Crippen molar-refractivity contribution < 1.29 is 4.79 Å². The highest BCUT2D eigenvalue weighted by atomic mass is 32.1. The molecule has 0 saturated carbocycles. The molecule has 18 heavy (non-hydrogen) atoms. The molecule has 0 atom stereocenters. The average Bonchev–Trinajstić information content (AvgIpc) is 2.71. The summed E-state index contributed by atoms with van der Waals surface area (Å²) >= 11 is 1.66. The zero-order chi connectivity index (χ0) is 13.3. The molecule has 1 heterocycles. The zero-order valence-electron chi connectivity index (χ0n) is 11.0. The highest BCUT2D eigenvalue weighted by molar-refractivity contribution is 7.18. The first kappa shape index (κ1) is 13.2. The number of aromatic nitrogens is 1. The van der Waals surface area contributed by atoms with Crippen LogP contribution in [0.1, 0.15) is 42.6 Å². The second kappa shape index (κ2) is 4.78. The molecule has 0 aliphatic rings. The van der Waals surface area contributed by atoms with Crippen molar-refractivity contribution in [2.75, 3.05) is 6.54 Å². The summed E-state index contributed by atoms with van der Waals surface area (Å²) in [6, 6.07) is 5.69. The number of rotatable bonds is 3. The molecule has 2 N–H and O–H groups in total. The quantitative estimate of drug-likeness (QED) is 0.865. The molecule has 0 aliphatic heterocycles. The van der Waals surface area contributed by atoms with E-state index in [-0.39, 0.29) is 11.2 Å². The molecule has 0 fully saturated rings. The molecule has 2 rings (SSSR count). The number of Topliss-reactive ketones (excluding diaryl/α,β-unsaturated/α-hetero) is 1. The summed E-state index contributed by atoms with van der Waals surface area (Å²) in [5.74, 6) is 0.102. The zero-order valence-corrected chi connectivity index (χ0v) is 11.8. The minimum atomic E-state index is 0.0467. The SMILES string of the molecule is CC(C)(C)c1nc2ccc(C(=O)CCN)cc2s1. The second-order valence-electron chi connectivity index (χ2n) is 5.41. The van der Waals surface area contributed by atoms with Gasteiger partial charge < -0.3 is 5.73 Å². The summed E-state index contributed by atoms with van der Waals surface area (Å²) < 4.78 is 1.07. The second-order valence-corrected chi connectivity index (χ2v) is 6.44. The van der Waals surface area contributed by atoms with Crippen LogP contribution in [0.5, 0.6) is 0 Å². The lowest BCUT2D eigenvalue weighted by Crippen LogP contribution is -2.09. The molecular weight excluding hydrogens is 244 g/mol. The maximum atomic E-state index is 11.8. The molecule has 4 heteroatoms. The molecule has 0 radical (unpaired) electrons. The molecule has 0 saturated heterocycles. The van der Waals surface area contributed by atoms with Crippen LogP contribution in [0.25, 0.3) is 10.2 Å². The molecule has 0 unspecified atom stereocenters. The number of carbonyl (C=O) groups excluding carboxylic acids is 1. The highest BCUT2D eigenvalue weighted by Crippen LogP contribution is 2.31. The van der Waals surface area contributed by atoms with Gasteiger partial charge in [0.1, 0.15) is 0 Å². The van der Waals surface area contributed by atoms with E-state index >= 15 is 0 Å². The van der Waals surface area contributed by atoms with Gasteiger partial charge >= 0.3 is 0 Å². The lowest BCUT2D eigenvalue weighted by molar-refractivity contribution is 0.0985. The van der Waals surface area contributed by atoms with E-state index < -0.39 is 0 Å². The Morgan fingerprint density at radius 1 is 1.39 bits per heavy atom. The van der Waals surface area contributed by atoms with Crippen molar-refractivity contribution >= 4 is 27.3 Å². The van der Waals surface area contributed by atoms with Gasteiger partial charge in [0.25, 0.3) is 0 Å². The number of hydrogen-bond acceptors (Lipinski definition) is 4.